The summed E-state index contributed by atoms with van der Waals surface area (Å²) in [7, 11) is 0. The van der Waals surface area contributed by atoms with Crippen molar-refractivity contribution in [3.63, 3.8) is 0 Å². The molecule has 0 bridgehead atoms. The highest BCUT2D eigenvalue weighted by Gasteiger charge is 2.16. The van der Waals surface area contributed by atoms with E-state index < -0.39 is 17.5 Å². The minimum atomic E-state index is -1.16. The van der Waals surface area contributed by atoms with E-state index in [-0.39, 0.29) is 11.7 Å². The Hall–Kier alpha value is -1.23. The molecule has 0 spiro atoms. The Labute approximate surface area is 91.8 Å². The highest BCUT2D eigenvalue weighted by molar-refractivity contribution is 5.46. The molecule has 16 heavy (non-hydrogen) atoms. The maximum Gasteiger partial charge on any atom is 0.161 e. The van der Waals surface area contributed by atoms with Gasteiger partial charge in [-0.3, -0.25) is 0 Å². The van der Waals surface area contributed by atoms with E-state index in [9.17, 15) is 13.2 Å². The van der Waals surface area contributed by atoms with Crippen molar-refractivity contribution in [3.8, 4) is 0 Å². The zero-order valence-electron chi connectivity index (χ0n) is 8.69. The molecule has 1 heterocycles. The van der Waals surface area contributed by atoms with Gasteiger partial charge in [0, 0.05) is 24.7 Å². The molecule has 1 aliphatic heterocycles. The van der Waals surface area contributed by atoms with Crippen molar-refractivity contribution in [2.45, 2.75) is 18.9 Å². The molecule has 0 aliphatic carbocycles. The minimum Gasteiger partial charge on any atom is -0.379 e. The maximum atomic E-state index is 13.3. The second kappa shape index (κ2) is 4.74. The third-order valence-electron chi connectivity index (χ3n) is 2.67. The zero-order valence-corrected chi connectivity index (χ0v) is 8.69. The van der Waals surface area contributed by atoms with Crippen LogP contribution < -0.4 is 10.6 Å². The summed E-state index contributed by atoms with van der Waals surface area (Å²) in [4.78, 5) is 0. The van der Waals surface area contributed by atoms with Crippen molar-refractivity contribution in [3.05, 3.63) is 29.6 Å². The SMILES string of the molecule is Fc1cc(F)c(NC2CCCNC2)cc1F. The summed E-state index contributed by atoms with van der Waals surface area (Å²) in [5.41, 5.74) is 0.0209. The normalized spacial score (nSPS) is 20.8. The summed E-state index contributed by atoms with van der Waals surface area (Å²) >= 11 is 0. The second-order valence-electron chi connectivity index (χ2n) is 3.93. The number of piperidine rings is 1. The molecule has 88 valence electrons. The lowest BCUT2D eigenvalue weighted by Crippen LogP contribution is -2.38. The smallest absolute Gasteiger partial charge is 0.161 e. The van der Waals surface area contributed by atoms with E-state index in [0.29, 0.717) is 12.6 Å². The van der Waals surface area contributed by atoms with Crippen molar-refractivity contribution in [2.24, 2.45) is 0 Å². The van der Waals surface area contributed by atoms with Crippen LogP contribution in [-0.4, -0.2) is 19.1 Å². The van der Waals surface area contributed by atoms with Gasteiger partial charge in [-0.2, -0.15) is 0 Å². The summed E-state index contributed by atoms with van der Waals surface area (Å²) in [5, 5.41) is 6.02. The van der Waals surface area contributed by atoms with Crippen LogP contribution in [-0.2, 0) is 0 Å². The molecule has 2 rings (SSSR count). The molecule has 1 aromatic carbocycles. The lowest BCUT2D eigenvalue weighted by molar-refractivity contribution is 0.472. The number of hydrogen-bond donors (Lipinski definition) is 2. The number of halogens is 3. The van der Waals surface area contributed by atoms with E-state index in [0.717, 1.165) is 25.5 Å². The first-order valence-corrected chi connectivity index (χ1v) is 5.28. The molecule has 0 aromatic heterocycles. The fraction of sp³-hybridized carbons (Fsp3) is 0.455. The maximum absolute atomic E-state index is 13.3. The van der Waals surface area contributed by atoms with Crippen LogP contribution in [0, 0.1) is 17.5 Å². The van der Waals surface area contributed by atoms with Crippen molar-refractivity contribution in [1.82, 2.24) is 5.32 Å². The summed E-state index contributed by atoms with van der Waals surface area (Å²) < 4.78 is 38.9. The van der Waals surface area contributed by atoms with E-state index in [2.05, 4.69) is 10.6 Å². The standard InChI is InChI=1S/C11H13F3N2/c12-8-4-10(14)11(5-9(8)13)16-7-2-1-3-15-6-7/h4-5,7,15-16H,1-3,6H2. The Morgan fingerprint density at radius 3 is 2.56 bits per heavy atom. The number of hydrogen-bond acceptors (Lipinski definition) is 2. The largest absolute Gasteiger partial charge is 0.379 e. The highest BCUT2D eigenvalue weighted by Crippen LogP contribution is 2.20. The van der Waals surface area contributed by atoms with E-state index in [1.807, 2.05) is 0 Å². The predicted octanol–water partition coefficient (Wildman–Crippen LogP) is 2.27. The van der Waals surface area contributed by atoms with Gasteiger partial charge in [-0.05, 0) is 19.4 Å². The fourth-order valence-electron chi connectivity index (χ4n) is 1.83. The number of nitrogens with one attached hydrogen (secondary N) is 2. The molecule has 1 aromatic rings. The van der Waals surface area contributed by atoms with Crippen LogP contribution in [0.2, 0.25) is 0 Å². The molecular weight excluding hydrogens is 217 g/mol. The molecule has 1 fully saturated rings. The van der Waals surface area contributed by atoms with Crippen LogP contribution in [0.3, 0.4) is 0 Å². The first kappa shape index (κ1) is 11.3. The fourth-order valence-corrected chi connectivity index (χ4v) is 1.83. The van der Waals surface area contributed by atoms with Gasteiger partial charge in [0.25, 0.3) is 0 Å². The Kier molecular flexibility index (Phi) is 3.33. The Balaban J connectivity index is 2.11. The van der Waals surface area contributed by atoms with Gasteiger partial charge < -0.3 is 10.6 Å². The molecular formula is C11H13F3N2. The van der Waals surface area contributed by atoms with Gasteiger partial charge in [0.1, 0.15) is 5.82 Å². The van der Waals surface area contributed by atoms with Crippen LogP contribution >= 0.6 is 0 Å². The van der Waals surface area contributed by atoms with Gasteiger partial charge in [0.2, 0.25) is 0 Å². The summed E-state index contributed by atoms with van der Waals surface area (Å²) in [6.45, 7) is 1.65. The van der Waals surface area contributed by atoms with Crippen molar-refractivity contribution in [2.75, 3.05) is 18.4 Å². The van der Waals surface area contributed by atoms with Crippen LogP contribution in [0.4, 0.5) is 18.9 Å². The van der Waals surface area contributed by atoms with E-state index >= 15 is 0 Å². The monoisotopic (exact) mass is 230 g/mol. The average molecular weight is 230 g/mol. The molecule has 0 saturated carbocycles. The van der Waals surface area contributed by atoms with Gasteiger partial charge in [-0.1, -0.05) is 0 Å². The number of benzene rings is 1. The van der Waals surface area contributed by atoms with Crippen LogP contribution in [0.1, 0.15) is 12.8 Å². The zero-order chi connectivity index (χ0) is 11.5. The Morgan fingerprint density at radius 2 is 1.88 bits per heavy atom. The number of rotatable bonds is 2. The molecule has 1 saturated heterocycles. The van der Waals surface area contributed by atoms with E-state index in [1.54, 1.807) is 0 Å². The van der Waals surface area contributed by atoms with Gasteiger partial charge in [-0.25, -0.2) is 13.2 Å². The first-order valence-electron chi connectivity index (χ1n) is 5.28. The lowest BCUT2D eigenvalue weighted by atomic mass is 10.1. The molecule has 2 nitrogen and oxygen atoms in total. The first-order chi connectivity index (χ1) is 7.66. The van der Waals surface area contributed by atoms with Crippen molar-refractivity contribution < 1.29 is 13.2 Å². The second-order valence-corrected chi connectivity index (χ2v) is 3.93. The molecule has 5 heteroatoms. The highest BCUT2D eigenvalue weighted by atomic mass is 19.2. The minimum absolute atomic E-state index is 0.0209. The quantitative estimate of drug-likeness (QED) is 0.761. The Bertz CT molecular complexity index is 376. The molecule has 1 atom stereocenters. The van der Waals surface area contributed by atoms with Gasteiger partial charge in [-0.15, -0.1) is 0 Å². The third-order valence-corrected chi connectivity index (χ3v) is 2.67. The summed E-state index contributed by atoms with van der Waals surface area (Å²) in [6.07, 6.45) is 1.88. The molecule has 0 amide bonds. The summed E-state index contributed by atoms with van der Waals surface area (Å²) in [5.74, 6) is -2.96. The van der Waals surface area contributed by atoms with Crippen LogP contribution in [0.25, 0.3) is 0 Å². The van der Waals surface area contributed by atoms with Crippen molar-refractivity contribution in [1.29, 1.82) is 0 Å². The predicted molar refractivity (Wildman–Crippen MR) is 55.8 cm³/mol. The van der Waals surface area contributed by atoms with Crippen LogP contribution in [0.15, 0.2) is 12.1 Å². The molecule has 2 N–H and O–H groups in total. The Morgan fingerprint density at radius 1 is 1.12 bits per heavy atom. The van der Waals surface area contributed by atoms with Gasteiger partial charge in [0.15, 0.2) is 11.6 Å². The topological polar surface area (TPSA) is 24.1 Å². The average Bonchev–Trinajstić information content (AvgIpc) is 2.27. The van der Waals surface area contributed by atoms with Gasteiger partial charge in [0.05, 0.1) is 5.69 Å². The molecule has 0 radical (unpaired) electrons. The molecule has 1 aliphatic rings. The lowest BCUT2D eigenvalue weighted by Gasteiger charge is -2.25. The third kappa shape index (κ3) is 2.47. The van der Waals surface area contributed by atoms with E-state index in [4.69, 9.17) is 0 Å². The van der Waals surface area contributed by atoms with E-state index in [1.165, 1.54) is 0 Å². The van der Waals surface area contributed by atoms with Crippen LogP contribution in [0.5, 0.6) is 0 Å². The summed E-state index contributed by atoms with van der Waals surface area (Å²) in [6, 6.07) is 1.49. The molecule has 1 unspecified atom stereocenters. The van der Waals surface area contributed by atoms with Gasteiger partial charge >= 0.3 is 0 Å². The van der Waals surface area contributed by atoms with Crippen molar-refractivity contribution >= 4 is 5.69 Å². The number of anilines is 1.